The van der Waals surface area contributed by atoms with Crippen LogP contribution in [0.5, 0.6) is 11.5 Å². The molecule has 0 bridgehead atoms. The number of aromatic nitrogens is 1. The number of carbonyl (C=O) groups is 1. The molecule has 1 aliphatic carbocycles. The summed E-state index contributed by atoms with van der Waals surface area (Å²) in [6.45, 7) is 2.20. The molecular formula is C24H22N2O3S. The number of hydrogen-bond donors (Lipinski definition) is 0. The first kappa shape index (κ1) is 20.1. The summed E-state index contributed by atoms with van der Waals surface area (Å²) in [5.74, 6) is 0.0943. The first-order valence-electron chi connectivity index (χ1n) is 9.71. The minimum Gasteiger partial charge on any atom is -0.493 e. The number of Topliss-reactive ketones (excluding diaryl/α,β-unsaturated/α-hetero) is 1. The number of thiazole rings is 1. The van der Waals surface area contributed by atoms with E-state index in [1.165, 1.54) is 11.3 Å². The molecule has 1 fully saturated rings. The van der Waals surface area contributed by atoms with Gasteiger partial charge in [-0.3, -0.25) is 4.79 Å². The second-order valence-electron chi connectivity index (χ2n) is 7.71. The summed E-state index contributed by atoms with van der Waals surface area (Å²) in [6, 6.07) is 15.3. The maximum absolute atomic E-state index is 13.1. The van der Waals surface area contributed by atoms with E-state index in [2.05, 4.69) is 24.0 Å². The van der Waals surface area contributed by atoms with Gasteiger partial charge in [-0.2, -0.15) is 5.26 Å². The molecule has 0 saturated heterocycles. The SMILES string of the molecule is COc1ccc(-c2csc(C(C#N)C(=O)c3cccc(C4(C)CC4)c3)n2)cc1OC. The predicted molar refractivity (Wildman–Crippen MR) is 116 cm³/mol. The van der Waals surface area contributed by atoms with Crippen molar-refractivity contribution in [1.29, 1.82) is 5.26 Å². The van der Waals surface area contributed by atoms with Gasteiger partial charge in [0.2, 0.25) is 0 Å². The van der Waals surface area contributed by atoms with Crippen molar-refractivity contribution in [2.75, 3.05) is 14.2 Å². The van der Waals surface area contributed by atoms with Crippen LogP contribution in [0.1, 0.15) is 46.6 Å². The molecule has 0 amide bonds. The Kier molecular flexibility index (Phi) is 5.31. The molecule has 30 heavy (non-hydrogen) atoms. The van der Waals surface area contributed by atoms with E-state index in [1.54, 1.807) is 20.3 Å². The number of hydrogen-bond acceptors (Lipinski definition) is 6. The van der Waals surface area contributed by atoms with Gasteiger partial charge >= 0.3 is 0 Å². The fraction of sp³-hybridized carbons (Fsp3) is 0.292. The summed E-state index contributed by atoms with van der Waals surface area (Å²) < 4.78 is 10.6. The van der Waals surface area contributed by atoms with Crippen LogP contribution in [0.3, 0.4) is 0 Å². The van der Waals surface area contributed by atoms with Crippen LogP contribution in [0.2, 0.25) is 0 Å². The predicted octanol–water partition coefficient (Wildman–Crippen LogP) is 5.37. The number of rotatable bonds is 7. The molecule has 0 radical (unpaired) electrons. The second kappa shape index (κ2) is 7.92. The lowest BCUT2D eigenvalue weighted by molar-refractivity contribution is 0.0978. The van der Waals surface area contributed by atoms with Crippen molar-refractivity contribution in [2.24, 2.45) is 0 Å². The molecular weight excluding hydrogens is 396 g/mol. The average molecular weight is 419 g/mol. The lowest BCUT2D eigenvalue weighted by atomic mass is 9.92. The molecule has 4 rings (SSSR count). The van der Waals surface area contributed by atoms with Gasteiger partial charge in [0.1, 0.15) is 5.01 Å². The Morgan fingerprint density at radius 3 is 2.60 bits per heavy atom. The quantitative estimate of drug-likeness (QED) is 0.482. The van der Waals surface area contributed by atoms with Crippen LogP contribution in [0.15, 0.2) is 47.8 Å². The Morgan fingerprint density at radius 1 is 1.17 bits per heavy atom. The molecule has 152 valence electrons. The highest BCUT2D eigenvalue weighted by Crippen LogP contribution is 2.47. The Hall–Kier alpha value is -3.17. The van der Waals surface area contributed by atoms with Crippen molar-refractivity contribution in [1.82, 2.24) is 4.98 Å². The zero-order valence-corrected chi connectivity index (χ0v) is 18.0. The van der Waals surface area contributed by atoms with Gasteiger partial charge in [0.15, 0.2) is 23.2 Å². The van der Waals surface area contributed by atoms with Gasteiger partial charge in [-0.05, 0) is 48.1 Å². The molecule has 2 aromatic carbocycles. The molecule has 0 spiro atoms. The van der Waals surface area contributed by atoms with Crippen LogP contribution < -0.4 is 9.47 Å². The van der Waals surface area contributed by atoms with Gasteiger partial charge in [-0.25, -0.2) is 4.98 Å². The van der Waals surface area contributed by atoms with E-state index in [-0.39, 0.29) is 11.2 Å². The molecule has 1 heterocycles. The lowest BCUT2D eigenvalue weighted by Gasteiger charge is -2.11. The Morgan fingerprint density at radius 2 is 1.93 bits per heavy atom. The van der Waals surface area contributed by atoms with Crippen LogP contribution in [0, 0.1) is 11.3 Å². The maximum atomic E-state index is 13.1. The summed E-state index contributed by atoms with van der Waals surface area (Å²) in [5.41, 5.74) is 3.43. The third kappa shape index (κ3) is 3.69. The van der Waals surface area contributed by atoms with Gasteiger partial charge in [0, 0.05) is 16.5 Å². The van der Waals surface area contributed by atoms with Gasteiger partial charge in [-0.1, -0.05) is 25.1 Å². The topological polar surface area (TPSA) is 72.2 Å². The molecule has 5 nitrogen and oxygen atoms in total. The molecule has 6 heteroatoms. The average Bonchev–Trinajstić information content (AvgIpc) is 3.35. The normalized spacial score (nSPS) is 15.1. The Bertz CT molecular complexity index is 1140. The first-order valence-corrected chi connectivity index (χ1v) is 10.6. The number of ether oxygens (including phenoxy) is 2. The smallest absolute Gasteiger partial charge is 0.186 e. The Labute approximate surface area is 179 Å². The molecule has 1 saturated carbocycles. The number of benzene rings is 2. The first-order chi connectivity index (χ1) is 14.5. The minimum atomic E-state index is -0.925. The van der Waals surface area contributed by atoms with E-state index >= 15 is 0 Å². The number of ketones is 1. The van der Waals surface area contributed by atoms with Crippen molar-refractivity contribution < 1.29 is 14.3 Å². The highest BCUT2D eigenvalue weighted by atomic mass is 32.1. The Balaban J connectivity index is 1.62. The van der Waals surface area contributed by atoms with Crippen molar-refractivity contribution in [3.05, 3.63) is 64.0 Å². The van der Waals surface area contributed by atoms with E-state index in [9.17, 15) is 10.1 Å². The number of nitriles is 1. The monoisotopic (exact) mass is 418 g/mol. The van der Waals surface area contributed by atoms with Crippen molar-refractivity contribution in [3.8, 4) is 28.8 Å². The molecule has 1 aromatic heterocycles. The minimum absolute atomic E-state index is 0.167. The summed E-state index contributed by atoms with van der Waals surface area (Å²) >= 11 is 1.32. The standard InChI is InChI=1S/C24H22N2O3S/c1-24(9-10-24)17-6-4-5-16(11-17)22(27)18(13-25)23-26-19(14-30-23)15-7-8-20(28-2)21(12-15)29-3/h4-8,11-12,14,18H,9-10H2,1-3H3. The van der Waals surface area contributed by atoms with Crippen LogP contribution >= 0.6 is 11.3 Å². The van der Waals surface area contributed by atoms with Crippen LogP contribution in [-0.4, -0.2) is 25.0 Å². The molecule has 1 aliphatic rings. The van der Waals surface area contributed by atoms with Crippen LogP contribution in [-0.2, 0) is 5.41 Å². The molecule has 3 aromatic rings. The highest BCUT2D eigenvalue weighted by molar-refractivity contribution is 7.10. The molecule has 0 N–H and O–H groups in total. The fourth-order valence-corrected chi connectivity index (χ4v) is 4.33. The van der Waals surface area contributed by atoms with E-state index in [0.717, 1.165) is 24.0 Å². The summed E-state index contributed by atoms with van der Waals surface area (Å²) in [5, 5.41) is 12.1. The second-order valence-corrected chi connectivity index (χ2v) is 8.60. The van der Waals surface area contributed by atoms with Gasteiger partial charge in [0.05, 0.1) is 26.0 Å². The van der Waals surface area contributed by atoms with Crippen molar-refractivity contribution >= 4 is 17.1 Å². The van der Waals surface area contributed by atoms with Crippen LogP contribution in [0.25, 0.3) is 11.3 Å². The summed E-state index contributed by atoms with van der Waals surface area (Å²) in [4.78, 5) is 17.7. The number of nitrogens with zero attached hydrogens (tertiary/aromatic N) is 2. The summed E-state index contributed by atoms with van der Waals surface area (Å²) in [7, 11) is 3.16. The van der Waals surface area contributed by atoms with E-state index in [1.807, 2.05) is 35.7 Å². The number of carbonyl (C=O) groups excluding carboxylic acids is 1. The molecule has 1 unspecified atom stereocenters. The van der Waals surface area contributed by atoms with E-state index in [0.29, 0.717) is 27.8 Å². The van der Waals surface area contributed by atoms with Crippen molar-refractivity contribution in [3.63, 3.8) is 0 Å². The van der Waals surface area contributed by atoms with Crippen molar-refractivity contribution in [2.45, 2.75) is 31.1 Å². The third-order valence-corrected chi connectivity index (χ3v) is 6.59. The van der Waals surface area contributed by atoms with E-state index in [4.69, 9.17) is 9.47 Å². The fourth-order valence-electron chi connectivity index (χ4n) is 3.47. The largest absolute Gasteiger partial charge is 0.493 e. The van der Waals surface area contributed by atoms with Crippen LogP contribution in [0.4, 0.5) is 0 Å². The zero-order chi connectivity index (χ0) is 21.3. The van der Waals surface area contributed by atoms with E-state index < -0.39 is 5.92 Å². The van der Waals surface area contributed by atoms with Gasteiger partial charge in [-0.15, -0.1) is 11.3 Å². The third-order valence-electron chi connectivity index (χ3n) is 5.68. The summed E-state index contributed by atoms with van der Waals surface area (Å²) in [6.07, 6.45) is 2.26. The zero-order valence-electron chi connectivity index (χ0n) is 17.1. The lowest BCUT2D eigenvalue weighted by Crippen LogP contribution is -2.12. The molecule has 1 atom stereocenters. The van der Waals surface area contributed by atoms with Gasteiger partial charge in [0.25, 0.3) is 0 Å². The van der Waals surface area contributed by atoms with Gasteiger partial charge < -0.3 is 9.47 Å². The number of methoxy groups -OCH3 is 2. The maximum Gasteiger partial charge on any atom is 0.186 e. The highest BCUT2D eigenvalue weighted by Gasteiger charge is 2.39. The molecule has 0 aliphatic heterocycles.